The van der Waals surface area contributed by atoms with Gasteiger partial charge in [-0.3, -0.25) is 10.3 Å². The molecule has 170 valence electrons. The number of unbranched alkanes of at least 4 members (excludes halogenated alkanes) is 9. The average Bonchev–Trinajstić information content (AvgIpc) is 2.75. The summed E-state index contributed by atoms with van der Waals surface area (Å²) in [6, 6.07) is 5.63. The van der Waals surface area contributed by atoms with Gasteiger partial charge in [-0.15, -0.1) is 0 Å². The molecular formula is C23H41N5O2. The predicted octanol–water partition coefficient (Wildman–Crippen LogP) is 4.34. The van der Waals surface area contributed by atoms with Crippen molar-refractivity contribution in [3.05, 3.63) is 23.8 Å². The molecule has 0 saturated carbocycles. The predicted molar refractivity (Wildman–Crippen MR) is 126 cm³/mol. The van der Waals surface area contributed by atoms with E-state index in [9.17, 15) is 0 Å². The lowest BCUT2D eigenvalue weighted by Crippen LogP contribution is -2.41. The van der Waals surface area contributed by atoms with Crippen LogP contribution in [0.25, 0.3) is 0 Å². The maximum Gasteiger partial charge on any atom is 0.195 e. The maximum atomic E-state index is 5.90. The van der Waals surface area contributed by atoms with Crippen LogP contribution in [0.2, 0.25) is 0 Å². The molecule has 7 heteroatoms. The number of nitrogens with zero attached hydrogens (tertiary/aromatic N) is 2. The van der Waals surface area contributed by atoms with Crippen LogP contribution in [0.15, 0.2) is 28.2 Å². The van der Waals surface area contributed by atoms with Crippen molar-refractivity contribution in [2.24, 2.45) is 21.5 Å². The zero-order chi connectivity index (χ0) is 22.0. The molecule has 0 fully saturated rings. The van der Waals surface area contributed by atoms with Crippen molar-refractivity contribution in [1.29, 1.82) is 0 Å². The number of benzene rings is 1. The van der Waals surface area contributed by atoms with Crippen LogP contribution in [0.3, 0.4) is 0 Å². The fourth-order valence-corrected chi connectivity index (χ4v) is 3.16. The number of methoxy groups -OCH3 is 2. The Morgan fingerprint density at radius 1 is 0.800 bits per heavy atom. The number of hydrogen-bond acceptors (Lipinski definition) is 4. The van der Waals surface area contributed by atoms with Crippen LogP contribution in [0.1, 0.15) is 76.7 Å². The first-order valence-corrected chi connectivity index (χ1v) is 11.2. The Labute approximate surface area is 182 Å². The molecule has 0 heterocycles. The highest BCUT2D eigenvalue weighted by Crippen LogP contribution is 2.27. The van der Waals surface area contributed by atoms with E-state index in [4.69, 9.17) is 20.9 Å². The van der Waals surface area contributed by atoms with Gasteiger partial charge in [-0.25, -0.2) is 4.99 Å². The minimum atomic E-state index is 0.245. The quantitative estimate of drug-likeness (QED) is 0.223. The summed E-state index contributed by atoms with van der Waals surface area (Å²) in [6.07, 6.45) is 13.0. The SMILES string of the molecule is CCCCCCCCCCCCN=C(N)NC(N)=NCc1ccc(OC)c(OC)c1. The van der Waals surface area contributed by atoms with E-state index in [2.05, 4.69) is 22.2 Å². The van der Waals surface area contributed by atoms with Gasteiger partial charge in [0.25, 0.3) is 0 Å². The molecule has 30 heavy (non-hydrogen) atoms. The van der Waals surface area contributed by atoms with Gasteiger partial charge in [-0.2, -0.15) is 0 Å². The van der Waals surface area contributed by atoms with Gasteiger partial charge in [-0.05, 0) is 24.1 Å². The zero-order valence-electron chi connectivity index (χ0n) is 19.1. The van der Waals surface area contributed by atoms with Crippen LogP contribution in [0.5, 0.6) is 11.5 Å². The van der Waals surface area contributed by atoms with Gasteiger partial charge in [0.2, 0.25) is 0 Å². The van der Waals surface area contributed by atoms with Crippen LogP contribution >= 0.6 is 0 Å². The van der Waals surface area contributed by atoms with Crippen LogP contribution in [0, 0.1) is 0 Å². The summed E-state index contributed by atoms with van der Waals surface area (Å²) in [4.78, 5) is 8.62. The molecular weight excluding hydrogens is 378 g/mol. The summed E-state index contributed by atoms with van der Waals surface area (Å²) in [6.45, 7) is 3.37. The second-order valence-electron chi connectivity index (χ2n) is 7.46. The van der Waals surface area contributed by atoms with E-state index in [0.29, 0.717) is 30.5 Å². The molecule has 0 aliphatic carbocycles. The minimum Gasteiger partial charge on any atom is -0.493 e. The Balaban J connectivity index is 2.20. The molecule has 5 N–H and O–H groups in total. The van der Waals surface area contributed by atoms with E-state index >= 15 is 0 Å². The highest BCUT2D eigenvalue weighted by Gasteiger charge is 2.04. The summed E-state index contributed by atoms with van der Waals surface area (Å²) < 4.78 is 10.5. The first-order valence-electron chi connectivity index (χ1n) is 11.2. The monoisotopic (exact) mass is 419 g/mol. The lowest BCUT2D eigenvalue weighted by atomic mass is 10.1. The second kappa shape index (κ2) is 16.4. The van der Waals surface area contributed by atoms with Crippen LogP contribution in [0.4, 0.5) is 0 Å². The van der Waals surface area contributed by atoms with Crippen LogP contribution in [-0.2, 0) is 6.54 Å². The second-order valence-corrected chi connectivity index (χ2v) is 7.46. The molecule has 0 bridgehead atoms. The molecule has 1 aromatic rings. The molecule has 0 unspecified atom stereocenters. The summed E-state index contributed by atoms with van der Waals surface area (Å²) in [5, 5.41) is 2.84. The minimum absolute atomic E-state index is 0.245. The molecule has 0 amide bonds. The summed E-state index contributed by atoms with van der Waals surface area (Å²) in [7, 11) is 3.21. The molecule has 1 rings (SSSR count). The average molecular weight is 420 g/mol. The summed E-state index contributed by atoms with van der Waals surface area (Å²) in [5.41, 5.74) is 12.7. The highest BCUT2D eigenvalue weighted by atomic mass is 16.5. The van der Waals surface area contributed by atoms with E-state index in [1.54, 1.807) is 14.2 Å². The number of nitrogens with two attached hydrogens (primary N) is 2. The largest absolute Gasteiger partial charge is 0.493 e. The van der Waals surface area contributed by atoms with Crippen molar-refractivity contribution >= 4 is 11.9 Å². The molecule has 1 aromatic carbocycles. The highest BCUT2D eigenvalue weighted by molar-refractivity contribution is 5.97. The smallest absolute Gasteiger partial charge is 0.195 e. The first kappa shape index (κ1) is 25.6. The number of guanidine groups is 2. The van der Waals surface area contributed by atoms with E-state index in [-0.39, 0.29) is 5.96 Å². The van der Waals surface area contributed by atoms with E-state index in [1.807, 2.05) is 18.2 Å². The Hall–Kier alpha value is -2.44. The lowest BCUT2D eigenvalue weighted by Gasteiger charge is -2.09. The third-order valence-corrected chi connectivity index (χ3v) is 4.93. The van der Waals surface area contributed by atoms with Gasteiger partial charge < -0.3 is 20.9 Å². The van der Waals surface area contributed by atoms with Crippen molar-refractivity contribution in [2.45, 2.75) is 77.7 Å². The van der Waals surface area contributed by atoms with Gasteiger partial charge in [-0.1, -0.05) is 70.8 Å². The van der Waals surface area contributed by atoms with Gasteiger partial charge >= 0.3 is 0 Å². The normalized spacial score (nSPS) is 12.1. The number of nitrogens with one attached hydrogen (secondary N) is 1. The van der Waals surface area contributed by atoms with Crippen LogP contribution in [-0.4, -0.2) is 32.7 Å². The molecule has 0 spiro atoms. The van der Waals surface area contributed by atoms with Crippen molar-refractivity contribution in [3.63, 3.8) is 0 Å². The number of rotatable bonds is 15. The fourth-order valence-electron chi connectivity index (χ4n) is 3.16. The molecule has 0 radical (unpaired) electrons. The molecule has 0 atom stereocenters. The summed E-state index contributed by atoms with van der Waals surface area (Å²) in [5.74, 6) is 1.89. The van der Waals surface area contributed by atoms with Gasteiger partial charge in [0.1, 0.15) is 0 Å². The van der Waals surface area contributed by atoms with E-state index < -0.39 is 0 Å². The Bertz CT molecular complexity index is 646. The van der Waals surface area contributed by atoms with Crippen molar-refractivity contribution in [2.75, 3.05) is 20.8 Å². The molecule has 0 aliphatic heterocycles. The number of ether oxygens (including phenoxy) is 2. The molecule has 0 aliphatic rings. The zero-order valence-corrected chi connectivity index (χ0v) is 19.1. The van der Waals surface area contributed by atoms with E-state index in [1.165, 1.54) is 57.8 Å². The van der Waals surface area contributed by atoms with Crippen molar-refractivity contribution in [1.82, 2.24) is 5.32 Å². The topological polar surface area (TPSA) is 107 Å². The maximum absolute atomic E-state index is 5.90. The standard InChI is InChI=1S/C23H41N5O2/c1-4-5-6-7-8-9-10-11-12-13-16-26-22(24)28-23(25)27-18-19-14-15-20(29-2)21(17-19)30-3/h14-15,17H,4-13,16,18H2,1-3H3,(H5,24,25,26,27,28). The Kier molecular flexibility index (Phi) is 14.0. The third-order valence-electron chi connectivity index (χ3n) is 4.93. The Morgan fingerprint density at radius 2 is 1.37 bits per heavy atom. The van der Waals surface area contributed by atoms with Gasteiger partial charge in [0.05, 0.1) is 20.8 Å². The molecule has 7 nitrogen and oxygen atoms in total. The molecule has 0 aromatic heterocycles. The third kappa shape index (κ3) is 11.5. The lowest BCUT2D eigenvalue weighted by molar-refractivity contribution is 0.354. The van der Waals surface area contributed by atoms with Gasteiger partial charge in [0, 0.05) is 6.54 Å². The number of hydrogen-bond donors (Lipinski definition) is 3. The first-order chi connectivity index (χ1) is 14.6. The Morgan fingerprint density at radius 3 is 1.97 bits per heavy atom. The van der Waals surface area contributed by atoms with Crippen molar-refractivity contribution < 1.29 is 9.47 Å². The molecule has 0 saturated heterocycles. The fraction of sp³-hybridized carbons (Fsp3) is 0.652. The van der Waals surface area contributed by atoms with Crippen molar-refractivity contribution in [3.8, 4) is 11.5 Å². The summed E-state index contributed by atoms with van der Waals surface area (Å²) >= 11 is 0. The van der Waals surface area contributed by atoms with Crippen LogP contribution < -0.4 is 26.3 Å². The van der Waals surface area contributed by atoms with E-state index in [0.717, 1.165) is 12.0 Å². The van der Waals surface area contributed by atoms with Gasteiger partial charge in [0.15, 0.2) is 23.4 Å². The number of aliphatic imine (C=N–C) groups is 2.